The summed E-state index contributed by atoms with van der Waals surface area (Å²) in [6, 6.07) is 8.29. The molecule has 0 saturated carbocycles. The Labute approximate surface area is 120 Å². The van der Waals surface area contributed by atoms with Gasteiger partial charge in [0.1, 0.15) is 0 Å². The minimum absolute atomic E-state index is 0.0560. The van der Waals surface area contributed by atoms with Crippen LogP contribution in [0.4, 0.5) is 5.69 Å². The highest BCUT2D eigenvalue weighted by atomic mass is 35.5. The zero-order chi connectivity index (χ0) is 14.9. The molecule has 0 aliphatic heterocycles. The van der Waals surface area contributed by atoms with Crippen LogP contribution in [-0.2, 0) is 9.84 Å². The van der Waals surface area contributed by atoms with Crippen molar-refractivity contribution in [3.05, 3.63) is 57.2 Å². The number of halogens is 1. The second-order valence-corrected chi connectivity index (χ2v) is 6.29. The Bertz CT molecular complexity index is 773. The van der Waals surface area contributed by atoms with E-state index in [1.165, 1.54) is 12.1 Å². The molecule has 0 atom stereocenters. The molecule has 0 amide bonds. The maximum Gasteiger partial charge on any atom is 0.306 e. The van der Waals surface area contributed by atoms with Crippen LogP contribution in [0, 0.1) is 17.0 Å². The summed E-state index contributed by atoms with van der Waals surface area (Å²) in [5, 5.41) is 9.84. The molecule has 0 aliphatic carbocycles. The summed E-state index contributed by atoms with van der Waals surface area (Å²) in [6.07, 6.45) is 0. The molecule has 1 aromatic heterocycles. The van der Waals surface area contributed by atoms with Crippen LogP contribution < -0.4 is 0 Å². The third-order valence-electron chi connectivity index (χ3n) is 2.61. The summed E-state index contributed by atoms with van der Waals surface area (Å²) in [5.41, 5.74) is 0.480. The second-order valence-electron chi connectivity index (χ2n) is 4.03. The summed E-state index contributed by atoms with van der Waals surface area (Å²) in [6.45, 7) is 1.83. The molecule has 20 heavy (non-hydrogen) atoms. The first-order valence-electron chi connectivity index (χ1n) is 5.45. The average molecular weight is 313 g/mol. The molecule has 0 aliphatic rings. The van der Waals surface area contributed by atoms with Crippen LogP contribution in [0.15, 0.2) is 46.3 Å². The first-order valence-corrected chi connectivity index (χ1v) is 7.31. The number of benzene rings is 1. The van der Waals surface area contributed by atoms with E-state index in [-0.39, 0.29) is 9.92 Å². The second kappa shape index (κ2) is 5.18. The highest BCUT2D eigenvalue weighted by Gasteiger charge is 2.23. The Hall–Kier alpha value is -1.99. The Morgan fingerprint density at radius 3 is 2.25 bits per heavy atom. The first kappa shape index (κ1) is 14.4. The van der Waals surface area contributed by atoms with Crippen molar-refractivity contribution in [2.45, 2.75) is 16.8 Å². The third-order valence-corrected chi connectivity index (χ3v) is 4.56. The van der Waals surface area contributed by atoms with E-state index in [4.69, 9.17) is 11.6 Å². The van der Waals surface area contributed by atoms with E-state index in [9.17, 15) is 18.5 Å². The molecule has 2 rings (SSSR count). The molecular formula is C12H9ClN2O4S. The Morgan fingerprint density at radius 1 is 1.15 bits per heavy atom. The van der Waals surface area contributed by atoms with Gasteiger partial charge in [-0.1, -0.05) is 29.3 Å². The molecule has 104 valence electrons. The molecule has 0 N–H and O–H groups in total. The van der Waals surface area contributed by atoms with Crippen molar-refractivity contribution < 1.29 is 13.3 Å². The van der Waals surface area contributed by atoms with Crippen LogP contribution >= 0.6 is 11.6 Å². The van der Waals surface area contributed by atoms with Crippen molar-refractivity contribution in [3.63, 3.8) is 0 Å². The van der Waals surface area contributed by atoms with E-state index in [1.807, 2.05) is 6.92 Å². The van der Waals surface area contributed by atoms with Gasteiger partial charge >= 0.3 is 5.69 Å². The quantitative estimate of drug-likeness (QED) is 0.494. The van der Waals surface area contributed by atoms with Gasteiger partial charge in [-0.3, -0.25) is 10.1 Å². The van der Waals surface area contributed by atoms with E-state index in [0.29, 0.717) is 0 Å². The molecule has 8 heteroatoms. The van der Waals surface area contributed by atoms with Gasteiger partial charge < -0.3 is 0 Å². The number of sulfone groups is 1. The van der Waals surface area contributed by atoms with E-state index < -0.39 is 25.6 Å². The van der Waals surface area contributed by atoms with Crippen molar-refractivity contribution in [3.8, 4) is 0 Å². The predicted octanol–water partition coefficient (Wildman–Crippen LogP) is 2.78. The monoisotopic (exact) mass is 312 g/mol. The van der Waals surface area contributed by atoms with Crippen molar-refractivity contribution in [2.75, 3.05) is 0 Å². The minimum Gasteiger partial charge on any atom is -0.258 e. The van der Waals surface area contributed by atoms with E-state index >= 15 is 0 Å². The first-order chi connectivity index (χ1) is 9.32. The molecular weight excluding hydrogens is 304 g/mol. The van der Waals surface area contributed by atoms with Crippen LogP contribution in [-0.4, -0.2) is 18.3 Å². The number of rotatable bonds is 3. The largest absolute Gasteiger partial charge is 0.306 e. The topological polar surface area (TPSA) is 90.2 Å². The van der Waals surface area contributed by atoms with Crippen LogP contribution in [0.5, 0.6) is 0 Å². The molecule has 0 radical (unpaired) electrons. The number of aryl methyl sites for hydroxylation is 1. The zero-order valence-corrected chi connectivity index (χ0v) is 11.9. The number of nitro groups is 1. The number of pyridine rings is 1. The lowest BCUT2D eigenvalue weighted by atomic mass is 10.2. The van der Waals surface area contributed by atoms with E-state index in [1.54, 1.807) is 12.1 Å². The fourth-order valence-electron chi connectivity index (χ4n) is 1.53. The van der Waals surface area contributed by atoms with Gasteiger partial charge in [0.2, 0.25) is 15.0 Å². The number of aromatic nitrogens is 1. The molecule has 6 nitrogen and oxygen atoms in total. The van der Waals surface area contributed by atoms with Crippen molar-refractivity contribution >= 4 is 27.1 Å². The van der Waals surface area contributed by atoms with Crippen molar-refractivity contribution in [1.29, 1.82) is 0 Å². The lowest BCUT2D eigenvalue weighted by molar-refractivity contribution is -0.385. The molecule has 2 aromatic rings. The van der Waals surface area contributed by atoms with Crippen LogP contribution in [0.1, 0.15) is 5.56 Å². The average Bonchev–Trinajstić information content (AvgIpc) is 2.38. The van der Waals surface area contributed by atoms with Gasteiger partial charge in [0.05, 0.1) is 9.82 Å². The van der Waals surface area contributed by atoms with Crippen LogP contribution in [0.2, 0.25) is 5.15 Å². The maximum atomic E-state index is 12.3. The van der Waals surface area contributed by atoms with Gasteiger partial charge in [0, 0.05) is 6.07 Å². The molecule has 1 aromatic carbocycles. The van der Waals surface area contributed by atoms with Crippen LogP contribution in [0.3, 0.4) is 0 Å². The molecule has 0 bridgehead atoms. The Kier molecular flexibility index (Phi) is 3.74. The number of hydrogen-bond donors (Lipinski definition) is 0. The fraction of sp³-hybridized carbons (Fsp3) is 0.0833. The van der Waals surface area contributed by atoms with Crippen molar-refractivity contribution in [2.24, 2.45) is 0 Å². The van der Waals surface area contributed by atoms with Gasteiger partial charge in [-0.25, -0.2) is 13.4 Å². The summed E-state index contributed by atoms with van der Waals surface area (Å²) in [4.78, 5) is 13.6. The standard InChI is InChI=1S/C12H9ClN2O4S/c1-8-2-4-9(5-3-8)20(18,19)11-7-6-10(15(16)17)12(13)14-11/h2-7H,1H3. The number of nitrogens with zero attached hydrogens (tertiary/aromatic N) is 2. The SMILES string of the molecule is Cc1ccc(S(=O)(=O)c2ccc([N+](=O)[O-])c(Cl)n2)cc1. The highest BCUT2D eigenvalue weighted by Crippen LogP contribution is 2.26. The number of hydrogen-bond acceptors (Lipinski definition) is 5. The summed E-state index contributed by atoms with van der Waals surface area (Å²) >= 11 is 5.63. The van der Waals surface area contributed by atoms with E-state index in [2.05, 4.69) is 4.98 Å². The van der Waals surface area contributed by atoms with Gasteiger partial charge in [-0.15, -0.1) is 0 Å². The van der Waals surface area contributed by atoms with Gasteiger partial charge in [0.25, 0.3) is 0 Å². The normalized spacial score (nSPS) is 11.3. The summed E-state index contributed by atoms with van der Waals surface area (Å²) in [5.74, 6) is 0. The van der Waals surface area contributed by atoms with Gasteiger partial charge in [-0.2, -0.15) is 0 Å². The summed E-state index contributed by atoms with van der Waals surface area (Å²) < 4.78 is 24.6. The Balaban J connectivity index is 2.52. The van der Waals surface area contributed by atoms with Crippen LogP contribution in [0.25, 0.3) is 0 Å². The summed E-state index contributed by atoms with van der Waals surface area (Å²) in [7, 11) is -3.84. The molecule has 0 spiro atoms. The zero-order valence-electron chi connectivity index (χ0n) is 10.3. The Morgan fingerprint density at radius 2 is 1.75 bits per heavy atom. The predicted molar refractivity (Wildman–Crippen MR) is 72.5 cm³/mol. The van der Waals surface area contributed by atoms with Gasteiger partial charge in [-0.05, 0) is 25.1 Å². The molecule has 0 fully saturated rings. The molecule has 1 heterocycles. The smallest absolute Gasteiger partial charge is 0.258 e. The third kappa shape index (κ3) is 2.63. The minimum atomic E-state index is -3.84. The fourth-order valence-corrected chi connectivity index (χ4v) is 3.00. The highest BCUT2D eigenvalue weighted by molar-refractivity contribution is 7.91. The lowest BCUT2D eigenvalue weighted by Crippen LogP contribution is -2.05. The van der Waals surface area contributed by atoms with E-state index in [0.717, 1.165) is 17.7 Å². The molecule has 0 saturated heterocycles. The van der Waals surface area contributed by atoms with Crippen molar-refractivity contribution in [1.82, 2.24) is 4.98 Å². The maximum absolute atomic E-state index is 12.3. The molecule has 0 unspecified atom stereocenters. The lowest BCUT2D eigenvalue weighted by Gasteiger charge is -2.04. The van der Waals surface area contributed by atoms with Gasteiger partial charge in [0.15, 0.2) is 5.03 Å².